The largest absolute Gasteiger partial charge is 0.459 e. The molecule has 1 aliphatic rings. The monoisotopic (exact) mass is 439 g/mol. The van der Waals surface area contributed by atoms with Gasteiger partial charge in [0.25, 0.3) is 11.8 Å². The summed E-state index contributed by atoms with van der Waals surface area (Å²) < 4.78 is 5.09. The van der Waals surface area contributed by atoms with Crippen LogP contribution in [0.25, 0.3) is 10.3 Å². The molecule has 1 fully saturated rings. The maximum absolute atomic E-state index is 12.9. The van der Waals surface area contributed by atoms with E-state index in [9.17, 15) is 9.59 Å². The number of rotatable bonds is 4. The zero-order chi connectivity index (χ0) is 20.5. The Labute approximate surface area is 179 Å². The number of furan rings is 1. The van der Waals surface area contributed by atoms with E-state index >= 15 is 0 Å². The summed E-state index contributed by atoms with van der Waals surface area (Å²) in [5, 5.41) is 4.31. The summed E-state index contributed by atoms with van der Waals surface area (Å²) in [6.45, 7) is 2.68. The molecule has 1 saturated heterocycles. The molecule has 1 N–H and O–H groups in total. The summed E-state index contributed by atoms with van der Waals surface area (Å²) in [4.78, 5) is 39.5. The second-order valence-electron chi connectivity index (χ2n) is 6.70. The number of amides is 2. The first-order valence-electron chi connectivity index (χ1n) is 9.38. The Kier molecular flexibility index (Phi) is 4.93. The van der Waals surface area contributed by atoms with Crippen LogP contribution >= 0.6 is 22.7 Å². The number of piperazine rings is 1. The maximum atomic E-state index is 12.9. The van der Waals surface area contributed by atoms with E-state index in [4.69, 9.17) is 4.42 Å². The van der Waals surface area contributed by atoms with E-state index in [1.807, 2.05) is 17.0 Å². The Hall–Kier alpha value is -3.24. The number of nitrogens with one attached hydrogen (secondary N) is 1. The van der Waals surface area contributed by atoms with Crippen LogP contribution in [0.1, 0.15) is 20.2 Å². The number of carbonyl (C=O) groups excluding carboxylic acids is 2. The molecule has 4 aromatic rings. The van der Waals surface area contributed by atoms with Crippen LogP contribution in [0.3, 0.4) is 0 Å². The van der Waals surface area contributed by atoms with E-state index in [1.54, 1.807) is 41.8 Å². The fourth-order valence-electron chi connectivity index (χ4n) is 3.25. The molecule has 0 aromatic carbocycles. The quantitative estimate of drug-likeness (QED) is 0.523. The molecular formula is C20H17N5O3S2. The molecule has 1 aliphatic heterocycles. The molecule has 0 bridgehead atoms. The van der Waals surface area contributed by atoms with Gasteiger partial charge in [-0.2, -0.15) is 0 Å². The minimum absolute atomic E-state index is 0.0240. The molecule has 0 saturated carbocycles. The average Bonchev–Trinajstić information content (AvgIpc) is 3.53. The lowest BCUT2D eigenvalue weighted by atomic mass is 10.3. The van der Waals surface area contributed by atoms with Gasteiger partial charge in [0, 0.05) is 32.4 Å². The smallest absolute Gasteiger partial charge is 0.291 e. The zero-order valence-electron chi connectivity index (χ0n) is 15.8. The SMILES string of the molecule is O=C(Nc1ccc(C(=O)N2CCN(c3nc4cccnc4s3)CC2)s1)c1ccco1. The highest BCUT2D eigenvalue weighted by Crippen LogP contribution is 2.29. The van der Waals surface area contributed by atoms with Crippen LogP contribution in [0.4, 0.5) is 10.1 Å². The van der Waals surface area contributed by atoms with Gasteiger partial charge in [0.15, 0.2) is 10.9 Å². The first kappa shape index (κ1) is 18.8. The number of thiazole rings is 1. The van der Waals surface area contributed by atoms with Gasteiger partial charge in [-0.25, -0.2) is 9.97 Å². The van der Waals surface area contributed by atoms with Gasteiger partial charge < -0.3 is 19.5 Å². The van der Waals surface area contributed by atoms with E-state index in [1.165, 1.54) is 17.6 Å². The van der Waals surface area contributed by atoms with Gasteiger partial charge >= 0.3 is 0 Å². The van der Waals surface area contributed by atoms with Crippen molar-refractivity contribution in [2.75, 3.05) is 36.4 Å². The van der Waals surface area contributed by atoms with E-state index in [0.29, 0.717) is 23.0 Å². The van der Waals surface area contributed by atoms with Crippen LogP contribution < -0.4 is 10.2 Å². The van der Waals surface area contributed by atoms with Crippen LogP contribution in [0.5, 0.6) is 0 Å². The molecule has 0 unspecified atom stereocenters. The van der Waals surface area contributed by atoms with E-state index in [-0.39, 0.29) is 17.6 Å². The van der Waals surface area contributed by atoms with Crippen LogP contribution in [0.15, 0.2) is 53.3 Å². The van der Waals surface area contributed by atoms with Crippen LogP contribution in [-0.2, 0) is 0 Å². The molecule has 2 amide bonds. The van der Waals surface area contributed by atoms with Crippen LogP contribution in [-0.4, -0.2) is 52.9 Å². The second-order valence-corrected chi connectivity index (χ2v) is 8.74. The van der Waals surface area contributed by atoms with E-state index in [0.717, 1.165) is 28.6 Å². The number of anilines is 2. The molecule has 0 radical (unpaired) electrons. The molecule has 30 heavy (non-hydrogen) atoms. The van der Waals surface area contributed by atoms with Crippen molar-refractivity contribution in [1.82, 2.24) is 14.9 Å². The van der Waals surface area contributed by atoms with Crippen molar-refractivity contribution in [2.45, 2.75) is 0 Å². The zero-order valence-corrected chi connectivity index (χ0v) is 17.4. The lowest BCUT2D eigenvalue weighted by molar-refractivity contribution is 0.0751. The normalized spacial score (nSPS) is 14.3. The van der Waals surface area contributed by atoms with Gasteiger partial charge in [0.2, 0.25) is 0 Å². The Morgan fingerprint density at radius 1 is 1.03 bits per heavy atom. The number of pyridine rings is 1. The van der Waals surface area contributed by atoms with E-state index < -0.39 is 0 Å². The average molecular weight is 440 g/mol. The van der Waals surface area contributed by atoms with Crippen molar-refractivity contribution in [3.05, 3.63) is 59.5 Å². The molecule has 8 nitrogen and oxygen atoms in total. The third kappa shape index (κ3) is 3.66. The van der Waals surface area contributed by atoms with Gasteiger partial charge in [-0.1, -0.05) is 11.3 Å². The summed E-state index contributed by atoms with van der Waals surface area (Å²) in [7, 11) is 0. The van der Waals surface area contributed by atoms with Crippen molar-refractivity contribution < 1.29 is 14.0 Å². The molecule has 5 rings (SSSR count). The van der Waals surface area contributed by atoms with Gasteiger partial charge in [-0.3, -0.25) is 9.59 Å². The summed E-state index contributed by atoms with van der Waals surface area (Å²) in [5.74, 6) is -0.124. The van der Waals surface area contributed by atoms with Gasteiger partial charge in [-0.05, 0) is 36.4 Å². The van der Waals surface area contributed by atoms with Crippen molar-refractivity contribution >= 4 is 55.0 Å². The molecule has 0 atom stereocenters. The topological polar surface area (TPSA) is 91.6 Å². The molecule has 152 valence electrons. The Morgan fingerprint density at radius 2 is 1.90 bits per heavy atom. The number of carbonyl (C=O) groups is 2. The van der Waals surface area contributed by atoms with Crippen LogP contribution in [0.2, 0.25) is 0 Å². The highest BCUT2D eigenvalue weighted by atomic mass is 32.1. The number of nitrogens with zero attached hydrogens (tertiary/aromatic N) is 4. The number of fused-ring (bicyclic) bond motifs is 1. The molecule has 4 aromatic heterocycles. The lowest BCUT2D eigenvalue weighted by Gasteiger charge is -2.34. The highest BCUT2D eigenvalue weighted by Gasteiger charge is 2.25. The predicted octanol–water partition coefficient (Wildman–Crippen LogP) is 3.56. The number of aromatic nitrogens is 2. The second kappa shape index (κ2) is 7.88. The number of thiophene rings is 1. The highest BCUT2D eigenvalue weighted by molar-refractivity contribution is 7.21. The van der Waals surface area contributed by atoms with Crippen LogP contribution in [0, 0.1) is 0 Å². The van der Waals surface area contributed by atoms with Crippen molar-refractivity contribution in [3.8, 4) is 0 Å². The molecular weight excluding hydrogens is 422 g/mol. The number of hydrogen-bond acceptors (Lipinski definition) is 8. The molecule has 0 aliphatic carbocycles. The third-order valence-corrected chi connectivity index (χ3v) is 6.82. The minimum atomic E-state index is -0.334. The van der Waals surface area contributed by atoms with Gasteiger partial charge in [0.05, 0.1) is 16.1 Å². The molecule has 5 heterocycles. The Balaban J connectivity index is 1.20. The molecule has 0 spiro atoms. The summed E-state index contributed by atoms with van der Waals surface area (Å²) in [5.41, 5.74) is 0.902. The summed E-state index contributed by atoms with van der Waals surface area (Å²) >= 11 is 2.84. The van der Waals surface area contributed by atoms with Crippen molar-refractivity contribution in [1.29, 1.82) is 0 Å². The first-order chi connectivity index (χ1) is 14.7. The first-order valence-corrected chi connectivity index (χ1v) is 11.0. The van der Waals surface area contributed by atoms with Crippen molar-refractivity contribution in [3.63, 3.8) is 0 Å². The predicted molar refractivity (Wildman–Crippen MR) is 117 cm³/mol. The molecule has 10 heteroatoms. The fourth-order valence-corrected chi connectivity index (χ4v) is 5.08. The van der Waals surface area contributed by atoms with Gasteiger partial charge in [0.1, 0.15) is 10.3 Å². The number of hydrogen-bond donors (Lipinski definition) is 1. The van der Waals surface area contributed by atoms with Gasteiger partial charge in [-0.15, -0.1) is 11.3 Å². The van der Waals surface area contributed by atoms with Crippen molar-refractivity contribution in [2.24, 2.45) is 0 Å². The standard InChI is InChI=1S/C20H17N5O3S2/c26-17(14-4-2-12-28-14)23-16-6-5-15(29-16)19(27)24-8-10-25(11-9-24)20-22-13-3-1-7-21-18(13)30-20/h1-7,12H,8-11H2,(H,23,26). The third-order valence-electron chi connectivity index (χ3n) is 4.79. The lowest BCUT2D eigenvalue weighted by Crippen LogP contribution is -2.48. The fraction of sp³-hybridized carbons (Fsp3) is 0.200. The van der Waals surface area contributed by atoms with E-state index in [2.05, 4.69) is 20.2 Å². The Bertz CT molecular complexity index is 1160. The summed E-state index contributed by atoms with van der Waals surface area (Å²) in [6.07, 6.45) is 3.22. The maximum Gasteiger partial charge on any atom is 0.291 e. The summed E-state index contributed by atoms with van der Waals surface area (Å²) in [6, 6.07) is 10.6. The Morgan fingerprint density at radius 3 is 2.67 bits per heavy atom. The minimum Gasteiger partial charge on any atom is -0.459 e.